The Bertz CT molecular complexity index is 536. The fraction of sp³-hybridized carbons (Fsp3) is 0.933. The average Bonchev–Trinajstić information content (AvgIpc) is 3.33. The SMILES string of the molecule is CCS(=O)(=O)N1CCC2(CC1)OCC(=O)N(CC1CC1)[C@H]2C. The van der Waals surface area contributed by atoms with Gasteiger partial charge in [0.05, 0.1) is 17.4 Å². The molecule has 1 spiro atoms. The number of hydrogen-bond donors (Lipinski definition) is 0. The molecule has 1 aliphatic carbocycles. The van der Waals surface area contributed by atoms with E-state index in [2.05, 4.69) is 6.92 Å². The zero-order chi connectivity index (χ0) is 16.0. The highest BCUT2D eigenvalue weighted by Crippen LogP contribution is 2.39. The second-order valence-corrected chi connectivity index (χ2v) is 9.08. The molecule has 0 bridgehead atoms. The Morgan fingerprint density at radius 3 is 2.45 bits per heavy atom. The summed E-state index contributed by atoms with van der Waals surface area (Å²) in [4.78, 5) is 14.1. The molecule has 0 unspecified atom stereocenters. The molecule has 2 aliphatic heterocycles. The van der Waals surface area contributed by atoms with Crippen LogP contribution in [-0.4, -0.2) is 67.2 Å². The lowest BCUT2D eigenvalue weighted by Crippen LogP contribution is -2.64. The molecule has 0 aromatic rings. The lowest BCUT2D eigenvalue weighted by atomic mass is 9.83. The summed E-state index contributed by atoms with van der Waals surface area (Å²) in [6.45, 7) is 5.69. The van der Waals surface area contributed by atoms with Gasteiger partial charge in [0.15, 0.2) is 0 Å². The van der Waals surface area contributed by atoms with Gasteiger partial charge >= 0.3 is 0 Å². The van der Waals surface area contributed by atoms with Crippen molar-refractivity contribution < 1.29 is 17.9 Å². The maximum Gasteiger partial charge on any atom is 0.248 e. The van der Waals surface area contributed by atoms with Gasteiger partial charge in [-0.15, -0.1) is 0 Å². The van der Waals surface area contributed by atoms with Gasteiger partial charge in [-0.3, -0.25) is 4.79 Å². The second kappa shape index (κ2) is 5.76. The molecular formula is C15H26N2O4S. The summed E-state index contributed by atoms with van der Waals surface area (Å²) in [5.74, 6) is 0.874. The van der Waals surface area contributed by atoms with Crippen molar-refractivity contribution in [3.8, 4) is 0 Å². The van der Waals surface area contributed by atoms with Crippen molar-refractivity contribution in [1.82, 2.24) is 9.21 Å². The van der Waals surface area contributed by atoms with Crippen LogP contribution in [0.5, 0.6) is 0 Å². The number of nitrogens with zero attached hydrogens (tertiary/aromatic N) is 2. The van der Waals surface area contributed by atoms with Gasteiger partial charge in [0.2, 0.25) is 15.9 Å². The molecule has 3 rings (SSSR count). The molecule has 126 valence electrons. The molecule has 2 saturated heterocycles. The van der Waals surface area contributed by atoms with E-state index in [4.69, 9.17) is 4.74 Å². The van der Waals surface area contributed by atoms with Crippen molar-refractivity contribution in [3.05, 3.63) is 0 Å². The molecule has 1 amide bonds. The monoisotopic (exact) mass is 330 g/mol. The zero-order valence-corrected chi connectivity index (χ0v) is 14.3. The highest BCUT2D eigenvalue weighted by molar-refractivity contribution is 7.89. The van der Waals surface area contributed by atoms with E-state index < -0.39 is 10.0 Å². The van der Waals surface area contributed by atoms with E-state index in [1.807, 2.05) is 4.90 Å². The molecule has 7 heteroatoms. The molecular weight excluding hydrogens is 304 g/mol. The molecule has 1 saturated carbocycles. The molecule has 3 fully saturated rings. The van der Waals surface area contributed by atoms with E-state index in [1.54, 1.807) is 11.2 Å². The van der Waals surface area contributed by atoms with Gasteiger partial charge in [0.1, 0.15) is 6.61 Å². The van der Waals surface area contributed by atoms with Crippen LogP contribution in [-0.2, 0) is 19.6 Å². The van der Waals surface area contributed by atoms with Gasteiger partial charge in [-0.25, -0.2) is 12.7 Å². The molecule has 0 N–H and O–H groups in total. The minimum atomic E-state index is -3.13. The van der Waals surface area contributed by atoms with Gasteiger partial charge in [0, 0.05) is 19.6 Å². The summed E-state index contributed by atoms with van der Waals surface area (Å²) in [6.07, 6.45) is 3.77. The van der Waals surface area contributed by atoms with Crippen molar-refractivity contribution in [3.63, 3.8) is 0 Å². The topological polar surface area (TPSA) is 66.9 Å². The predicted octanol–water partition coefficient (Wildman–Crippen LogP) is 0.828. The van der Waals surface area contributed by atoms with Crippen LogP contribution in [0, 0.1) is 5.92 Å². The lowest BCUT2D eigenvalue weighted by molar-refractivity contribution is -0.184. The Morgan fingerprint density at radius 2 is 1.91 bits per heavy atom. The Labute approximate surface area is 132 Å². The summed E-state index contributed by atoms with van der Waals surface area (Å²) in [6, 6.07) is 0.0285. The smallest absolute Gasteiger partial charge is 0.248 e. The van der Waals surface area contributed by atoms with Gasteiger partial charge in [-0.1, -0.05) is 0 Å². The number of piperidine rings is 1. The molecule has 3 aliphatic rings. The van der Waals surface area contributed by atoms with E-state index in [0.29, 0.717) is 31.8 Å². The maximum atomic E-state index is 12.2. The first kappa shape index (κ1) is 16.2. The number of morpholine rings is 1. The molecule has 0 aromatic carbocycles. The molecule has 6 nitrogen and oxygen atoms in total. The standard InChI is InChI=1S/C15H26N2O4S/c1-3-22(19,20)16-8-6-15(7-9-16)12(2)17(10-13-4-5-13)14(18)11-21-15/h12-13H,3-11H2,1-2H3/t12-/m0/s1. The first-order chi connectivity index (χ1) is 10.4. The minimum Gasteiger partial charge on any atom is -0.363 e. The largest absolute Gasteiger partial charge is 0.363 e. The van der Waals surface area contributed by atoms with Gasteiger partial charge in [0.25, 0.3) is 0 Å². The van der Waals surface area contributed by atoms with Crippen LogP contribution in [0.1, 0.15) is 39.5 Å². The number of amides is 1. The summed E-state index contributed by atoms with van der Waals surface area (Å²) in [7, 11) is -3.13. The van der Waals surface area contributed by atoms with Gasteiger partial charge in [-0.05, 0) is 45.4 Å². The van der Waals surface area contributed by atoms with E-state index in [1.165, 1.54) is 12.8 Å². The normalized spacial score (nSPS) is 30.0. The number of carbonyl (C=O) groups is 1. The van der Waals surface area contributed by atoms with Crippen molar-refractivity contribution >= 4 is 15.9 Å². The Morgan fingerprint density at radius 1 is 1.27 bits per heavy atom. The summed E-state index contributed by atoms with van der Waals surface area (Å²) >= 11 is 0. The molecule has 0 aromatic heterocycles. The quantitative estimate of drug-likeness (QED) is 0.766. The van der Waals surface area contributed by atoms with E-state index in [0.717, 1.165) is 6.54 Å². The summed E-state index contributed by atoms with van der Waals surface area (Å²) in [5.41, 5.74) is -0.372. The number of sulfonamides is 1. The molecule has 2 heterocycles. The minimum absolute atomic E-state index is 0.0285. The van der Waals surface area contributed by atoms with Gasteiger partial charge < -0.3 is 9.64 Å². The maximum absolute atomic E-state index is 12.2. The number of carbonyl (C=O) groups excluding carboxylic acids is 1. The highest BCUT2D eigenvalue weighted by atomic mass is 32.2. The number of hydrogen-bond acceptors (Lipinski definition) is 4. The average molecular weight is 330 g/mol. The van der Waals surface area contributed by atoms with Crippen LogP contribution in [0.2, 0.25) is 0 Å². The highest BCUT2D eigenvalue weighted by Gasteiger charge is 2.49. The number of ether oxygens (including phenoxy) is 1. The van der Waals surface area contributed by atoms with E-state index >= 15 is 0 Å². The van der Waals surface area contributed by atoms with Crippen LogP contribution in [0.4, 0.5) is 0 Å². The van der Waals surface area contributed by atoms with Crippen LogP contribution < -0.4 is 0 Å². The van der Waals surface area contributed by atoms with Crippen LogP contribution in [0.3, 0.4) is 0 Å². The van der Waals surface area contributed by atoms with Crippen molar-refractivity contribution in [2.24, 2.45) is 5.92 Å². The molecule has 1 atom stereocenters. The molecule has 0 radical (unpaired) electrons. The van der Waals surface area contributed by atoms with Crippen molar-refractivity contribution in [1.29, 1.82) is 0 Å². The summed E-state index contributed by atoms with van der Waals surface area (Å²) < 4.78 is 31.5. The Kier molecular flexibility index (Phi) is 4.24. The lowest BCUT2D eigenvalue weighted by Gasteiger charge is -2.51. The van der Waals surface area contributed by atoms with Crippen LogP contribution in [0.15, 0.2) is 0 Å². The fourth-order valence-electron chi connectivity index (χ4n) is 3.64. The van der Waals surface area contributed by atoms with E-state index in [-0.39, 0.29) is 29.9 Å². The first-order valence-electron chi connectivity index (χ1n) is 8.29. The predicted molar refractivity (Wildman–Crippen MR) is 82.8 cm³/mol. The summed E-state index contributed by atoms with van der Waals surface area (Å²) in [5, 5.41) is 0. The third-order valence-corrected chi connectivity index (χ3v) is 7.39. The van der Waals surface area contributed by atoms with Crippen LogP contribution in [0.25, 0.3) is 0 Å². The van der Waals surface area contributed by atoms with Crippen molar-refractivity contribution in [2.75, 3.05) is 32.0 Å². The third kappa shape index (κ3) is 2.90. The fourth-order valence-corrected chi connectivity index (χ4v) is 4.74. The second-order valence-electron chi connectivity index (χ2n) is 6.82. The number of rotatable bonds is 4. The van der Waals surface area contributed by atoms with Crippen molar-refractivity contribution in [2.45, 2.75) is 51.2 Å². The van der Waals surface area contributed by atoms with Gasteiger partial charge in [-0.2, -0.15) is 0 Å². The van der Waals surface area contributed by atoms with E-state index in [9.17, 15) is 13.2 Å². The Hall–Kier alpha value is -0.660. The van der Waals surface area contributed by atoms with Crippen LogP contribution >= 0.6 is 0 Å². The molecule has 22 heavy (non-hydrogen) atoms. The third-order valence-electron chi connectivity index (χ3n) is 5.51. The Balaban J connectivity index is 1.70. The first-order valence-corrected chi connectivity index (χ1v) is 9.90. The zero-order valence-electron chi connectivity index (χ0n) is 13.5.